The molecule has 0 aliphatic rings. The standard InChI is InChI=1S/C13H16FNO3S/c1-18-13(17)11(6-7-19-2)15-12(16)9-4-3-5-10(14)8-9/h3-5,8,11H,6-7H2,1-2H3,(H,15,16)/t11-/m0/s1. The summed E-state index contributed by atoms with van der Waals surface area (Å²) < 4.78 is 17.7. The molecule has 1 rings (SSSR count). The molecule has 4 nitrogen and oxygen atoms in total. The lowest BCUT2D eigenvalue weighted by Crippen LogP contribution is -2.41. The number of carbonyl (C=O) groups excluding carboxylic acids is 2. The van der Waals surface area contributed by atoms with E-state index in [2.05, 4.69) is 10.1 Å². The van der Waals surface area contributed by atoms with Crippen molar-refractivity contribution in [3.63, 3.8) is 0 Å². The highest BCUT2D eigenvalue weighted by atomic mass is 32.2. The predicted molar refractivity (Wildman–Crippen MR) is 72.7 cm³/mol. The van der Waals surface area contributed by atoms with Gasteiger partial charge in [0.2, 0.25) is 0 Å². The van der Waals surface area contributed by atoms with Gasteiger partial charge in [-0.3, -0.25) is 4.79 Å². The zero-order chi connectivity index (χ0) is 14.3. The number of amides is 1. The number of thioether (sulfide) groups is 1. The Hall–Kier alpha value is -1.56. The van der Waals surface area contributed by atoms with Gasteiger partial charge in [-0.1, -0.05) is 6.07 Å². The zero-order valence-electron chi connectivity index (χ0n) is 10.8. The quantitative estimate of drug-likeness (QED) is 0.810. The van der Waals surface area contributed by atoms with Crippen molar-refractivity contribution in [2.45, 2.75) is 12.5 Å². The fourth-order valence-corrected chi connectivity index (χ4v) is 1.97. The van der Waals surface area contributed by atoms with Gasteiger partial charge >= 0.3 is 5.97 Å². The molecule has 0 unspecified atom stereocenters. The van der Waals surface area contributed by atoms with Gasteiger partial charge in [-0.15, -0.1) is 0 Å². The Morgan fingerprint density at radius 3 is 2.79 bits per heavy atom. The number of halogens is 1. The van der Waals surface area contributed by atoms with Crippen molar-refractivity contribution in [1.82, 2.24) is 5.32 Å². The van der Waals surface area contributed by atoms with Crippen LogP contribution in [-0.4, -0.2) is 37.0 Å². The van der Waals surface area contributed by atoms with Gasteiger partial charge in [-0.25, -0.2) is 9.18 Å². The number of benzene rings is 1. The molecule has 0 aliphatic carbocycles. The number of hydrogen-bond acceptors (Lipinski definition) is 4. The van der Waals surface area contributed by atoms with Crippen molar-refractivity contribution >= 4 is 23.6 Å². The molecule has 104 valence electrons. The maximum atomic E-state index is 13.0. The van der Waals surface area contributed by atoms with Crippen LogP contribution in [0.1, 0.15) is 16.8 Å². The Morgan fingerprint density at radius 2 is 2.21 bits per heavy atom. The van der Waals surface area contributed by atoms with Gasteiger partial charge in [0.15, 0.2) is 0 Å². The van der Waals surface area contributed by atoms with Gasteiger partial charge in [-0.05, 0) is 36.6 Å². The molecular formula is C13H16FNO3S. The van der Waals surface area contributed by atoms with Crippen LogP contribution in [0.2, 0.25) is 0 Å². The van der Waals surface area contributed by atoms with Crippen LogP contribution in [-0.2, 0) is 9.53 Å². The second-order valence-corrected chi connectivity index (χ2v) is 4.83. The Bertz CT molecular complexity index is 453. The van der Waals surface area contributed by atoms with E-state index in [0.717, 1.165) is 6.07 Å². The SMILES string of the molecule is COC(=O)[C@H](CCSC)NC(=O)c1cccc(F)c1. The minimum Gasteiger partial charge on any atom is -0.467 e. The topological polar surface area (TPSA) is 55.4 Å². The third kappa shape index (κ3) is 4.90. The summed E-state index contributed by atoms with van der Waals surface area (Å²) in [5, 5.41) is 2.55. The van der Waals surface area contributed by atoms with Gasteiger partial charge in [0.1, 0.15) is 11.9 Å². The lowest BCUT2D eigenvalue weighted by molar-refractivity contribution is -0.142. The molecule has 1 aromatic carbocycles. The summed E-state index contributed by atoms with van der Waals surface area (Å²) in [5.74, 6) is -0.774. The van der Waals surface area contributed by atoms with Crippen LogP contribution in [0.3, 0.4) is 0 Å². The third-order valence-electron chi connectivity index (χ3n) is 2.49. The van der Waals surface area contributed by atoms with Crippen LogP contribution in [0, 0.1) is 5.82 Å². The van der Waals surface area contributed by atoms with E-state index >= 15 is 0 Å². The van der Waals surface area contributed by atoms with Gasteiger partial charge in [0.05, 0.1) is 7.11 Å². The first kappa shape index (κ1) is 15.5. The number of rotatable bonds is 6. The fourth-order valence-electron chi connectivity index (χ4n) is 1.50. The highest BCUT2D eigenvalue weighted by Crippen LogP contribution is 2.07. The molecule has 0 saturated heterocycles. The number of hydrogen-bond donors (Lipinski definition) is 1. The molecule has 0 aromatic heterocycles. The van der Waals surface area contributed by atoms with Crippen LogP contribution in [0.5, 0.6) is 0 Å². The van der Waals surface area contributed by atoms with E-state index in [1.165, 1.54) is 25.3 Å². The van der Waals surface area contributed by atoms with Crippen LogP contribution >= 0.6 is 11.8 Å². The van der Waals surface area contributed by atoms with E-state index in [1.54, 1.807) is 11.8 Å². The van der Waals surface area contributed by atoms with E-state index in [0.29, 0.717) is 12.2 Å². The molecule has 1 N–H and O–H groups in total. The Labute approximate surface area is 115 Å². The number of esters is 1. The van der Waals surface area contributed by atoms with Crippen LogP contribution in [0.15, 0.2) is 24.3 Å². The number of ether oxygens (including phenoxy) is 1. The summed E-state index contributed by atoms with van der Waals surface area (Å²) >= 11 is 1.56. The molecule has 0 radical (unpaired) electrons. The van der Waals surface area contributed by atoms with Crippen molar-refractivity contribution in [3.05, 3.63) is 35.6 Å². The maximum absolute atomic E-state index is 13.0. The Kier molecular flexibility index (Phi) is 6.35. The first-order chi connectivity index (χ1) is 9.08. The Balaban J connectivity index is 2.72. The summed E-state index contributed by atoms with van der Waals surface area (Å²) in [6.45, 7) is 0. The molecule has 19 heavy (non-hydrogen) atoms. The van der Waals surface area contributed by atoms with Crippen LogP contribution in [0.4, 0.5) is 4.39 Å². The largest absolute Gasteiger partial charge is 0.467 e. The van der Waals surface area contributed by atoms with Crippen LogP contribution < -0.4 is 5.32 Å². The summed E-state index contributed by atoms with van der Waals surface area (Å²) in [6, 6.07) is 4.59. The smallest absolute Gasteiger partial charge is 0.328 e. The Morgan fingerprint density at radius 1 is 1.47 bits per heavy atom. The van der Waals surface area contributed by atoms with Crippen molar-refractivity contribution in [1.29, 1.82) is 0 Å². The van der Waals surface area contributed by atoms with Gasteiger partial charge < -0.3 is 10.1 Å². The molecule has 0 saturated carbocycles. The van der Waals surface area contributed by atoms with Gasteiger partial charge in [0, 0.05) is 5.56 Å². The van der Waals surface area contributed by atoms with E-state index < -0.39 is 23.7 Å². The molecule has 1 amide bonds. The lowest BCUT2D eigenvalue weighted by atomic mass is 10.1. The summed E-state index contributed by atoms with van der Waals surface area (Å²) in [7, 11) is 1.27. The van der Waals surface area contributed by atoms with Crippen molar-refractivity contribution in [2.75, 3.05) is 19.1 Å². The highest BCUT2D eigenvalue weighted by molar-refractivity contribution is 7.98. The van der Waals surface area contributed by atoms with E-state index in [1.807, 2.05) is 6.26 Å². The maximum Gasteiger partial charge on any atom is 0.328 e. The van der Waals surface area contributed by atoms with Crippen molar-refractivity contribution < 1.29 is 18.7 Å². The predicted octanol–water partition coefficient (Wildman–Crippen LogP) is 1.85. The molecular weight excluding hydrogens is 269 g/mol. The first-order valence-electron chi connectivity index (χ1n) is 5.71. The van der Waals surface area contributed by atoms with Crippen molar-refractivity contribution in [3.8, 4) is 0 Å². The molecule has 0 bridgehead atoms. The fraction of sp³-hybridized carbons (Fsp3) is 0.385. The number of carbonyl (C=O) groups is 2. The average molecular weight is 285 g/mol. The normalized spacial score (nSPS) is 11.7. The third-order valence-corrected chi connectivity index (χ3v) is 3.13. The molecule has 0 spiro atoms. The zero-order valence-corrected chi connectivity index (χ0v) is 11.6. The average Bonchev–Trinajstić information content (AvgIpc) is 2.42. The molecule has 0 fully saturated rings. The monoisotopic (exact) mass is 285 g/mol. The number of methoxy groups -OCH3 is 1. The molecule has 0 aliphatic heterocycles. The molecule has 1 aromatic rings. The van der Waals surface area contributed by atoms with Gasteiger partial charge in [-0.2, -0.15) is 11.8 Å². The van der Waals surface area contributed by atoms with E-state index in [-0.39, 0.29) is 5.56 Å². The minimum absolute atomic E-state index is 0.179. The minimum atomic E-state index is -0.715. The summed E-state index contributed by atoms with van der Waals surface area (Å²) in [5.41, 5.74) is 0.179. The molecule has 0 heterocycles. The summed E-state index contributed by atoms with van der Waals surface area (Å²) in [6.07, 6.45) is 2.37. The second kappa shape index (κ2) is 7.78. The molecule has 1 atom stereocenters. The van der Waals surface area contributed by atoms with Crippen LogP contribution in [0.25, 0.3) is 0 Å². The first-order valence-corrected chi connectivity index (χ1v) is 7.11. The van der Waals surface area contributed by atoms with Crippen molar-refractivity contribution in [2.24, 2.45) is 0 Å². The molecule has 6 heteroatoms. The van der Waals surface area contributed by atoms with E-state index in [9.17, 15) is 14.0 Å². The number of nitrogens with one attached hydrogen (secondary N) is 1. The highest BCUT2D eigenvalue weighted by Gasteiger charge is 2.21. The lowest BCUT2D eigenvalue weighted by Gasteiger charge is -2.16. The second-order valence-electron chi connectivity index (χ2n) is 3.84. The summed E-state index contributed by atoms with van der Waals surface area (Å²) in [4.78, 5) is 23.4. The van der Waals surface area contributed by atoms with Gasteiger partial charge in [0.25, 0.3) is 5.91 Å². The van der Waals surface area contributed by atoms with E-state index in [4.69, 9.17) is 0 Å².